The van der Waals surface area contributed by atoms with Gasteiger partial charge in [-0.05, 0) is 0 Å². The van der Waals surface area contributed by atoms with Crippen molar-refractivity contribution in [3.63, 3.8) is 0 Å². The summed E-state index contributed by atoms with van der Waals surface area (Å²) < 4.78 is 45.4. The maximum absolute atomic E-state index is 12.1. The number of rotatable bonds is 4. The zero-order chi connectivity index (χ0) is 14.5. The van der Waals surface area contributed by atoms with E-state index in [0.717, 1.165) is 4.90 Å². The Bertz CT molecular complexity index is 335. The predicted octanol–water partition coefficient (Wildman–Crippen LogP) is -0.114. The zero-order valence-electron chi connectivity index (χ0n) is 10.3. The van der Waals surface area contributed by atoms with Crippen LogP contribution in [0.2, 0.25) is 0 Å². The Hall–Kier alpha value is -1.35. The molecular formula is C10H15F3N2O4. The van der Waals surface area contributed by atoms with Gasteiger partial charge in [-0.2, -0.15) is 13.2 Å². The second kappa shape index (κ2) is 6.71. The fourth-order valence-electron chi connectivity index (χ4n) is 1.59. The first kappa shape index (κ1) is 15.7. The van der Waals surface area contributed by atoms with E-state index in [9.17, 15) is 22.8 Å². The first-order valence-corrected chi connectivity index (χ1v) is 5.63. The van der Waals surface area contributed by atoms with Crippen molar-refractivity contribution >= 4 is 11.9 Å². The number of hydrogen-bond acceptors (Lipinski definition) is 5. The van der Waals surface area contributed by atoms with Crippen molar-refractivity contribution < 1.29 is 32.2 Å². The van der Waals surface area contributed by atoms with Crippen LogP contribution in [0.15, 0.2) is 0 Å². The van der Waals surface area contributed by atoms with E-state index < -0.39 is 24.3 Å². The van der Waals surface area contributed by atoms with Crippen molar-refractivity contribution in [2.45, 2.75) is 18.8 Å². The molecule has 1 aliphatic heterocycles. The molecule has 1 fully saturated rings. The molecule has 1 atom stereocenters. The molecule has 1 unspecified atom stereocenters. The average Bonchev–Trinajstić information content (AvgIpc) is 2.35. The number of methoxy groups -OCH3 is 1. The maximum Gasteiger partial charge on any atom is 0.491 e. The van der Waals surface area contributed by atoms with Gasteiger partial charge in [0.2, 0.25) is 5.91 Å². The first-order valence-electron chi connectivity index (χ1n) is 5.63. The summed E-state index contributed by atoms with van der Waals surface area (Å²) in [5.74, 6) is -2.71. The molecule has 1 saturated heterocycles. The van der Waals surface area contributed by atoms with Crippen LogP contribution in [0.4, 0.5) is 13.2 Å². The summed E-state index contributed by atoms with van der Waals surface area (Å²) >= 11 is 0. The van der Waals surface area contributed by atoms with E-state index in [1.54, 1.807) is 0 Å². The number of esters is 1. The minimum atomic E-state index is -5.07. The first-order chi connectivity index (χ1) is 8.86. The second-order valence-electron chi connectivity index (χ2n) is 3.89. The number of carbonyl (C=O) groups excluding carboxylic acids is 2. The fourth-order valence-corrected chi connectivity index (χ4v) is 1.59. The van der Waals surface area contributed by atoms with Gasteiger partial charge >= 0.3 is 12.1 Å². The van der Waals surface area contributed by atoms with Crippen LogP contribution in [0.5, 0.6) is 0 Å². The van der Waals surface area contributed by atoms with E-state index in [4.69, 9.17) is 4.74 Å². The van der Waals surface area contributed by atoms with Gasteiger partial charge in [0, 0.05) is 20.2 Å². The Balaban J connectivity index is 2.62. The SMILES string of the molecule is COCCC(=O)N1CCNCC1OC(=O)C(F)(F)F. The van der Waals surface area contributed by atoms with Crippen molar-refractivity contribution in [3.8, 4) is 0 Å². The minimum absolute atomic E-state index is 0.0244. The van der Waals surface area contributed by atoms with Crippen molar-refractivity contribution in [1.29, 1.82) is 0 Å². The molecule has 1 N–H and O–H groups in total. The van der Waals surface area contributed by atoms with E-state index in [0.29, 0.717) is 6.54 Å². The van der Waals surface area contributed by atoms with Crippen molar-refractivity contribution in [1.82, 2.24) is 10.2 Å². The van der Waals surface area contributed by atoms with Crippen LogP contribution in [0.1, 0.15) is 6.42 Å². The summed E-state index contributed by atoms with van der Waals surface area (Å²) in [6.45, 7) is 0.736. The van der Waals surface area contributed by atoms with Crippen LogP contribution >= 0.6 is 0 Å². The fraction of sp³-hybridized carbons (Fsp3) is 0.800. The van der Waals surface area contributed by atoms with Crippen LogP contribution in [0.3, 0.4) is 0 Å². The molecule has 0 spiro atoms. The summed E-state index contributed by atoms with van der Waals surface area (Å²) in [6.07, 6.45) is -6.29. The van der Waals surface area contributed by atoms with Crippen molar-refractivity contribution in [2.75, 3.05) is 33.4 Å². The molecule has 1 heterocycles. The van der Waals surface area contributed by atoms with Crippen LogP contribution in [0.25, 0.3) is 0 Å². The summed E-state index contributed by atoms with van der Waals surface area (Å²) in [6, 6.07) is 0. The molecule has 0 aromatic carbocycles. The molecule has 1 amide bonds. The zero-order valence-corrected chi connectivity index (χ0v) is 10.3. The third-order valence-corrected chi connectivity index (χ3v) is 2.51. The third-order valence-electron chi connectivity index (χ3n) is 2.51. The third kappa shape index (κ3) is 4.67. The lowest BCUT2D eigenvalue weighted by Gasteiger charge is -2.35. The highest BCUT2D eigenvalue weighted by molar-refractivity contribution is 5.78. The Morgan fingerprint density at radius 3 is 2.68 bits per heavy atom. The molecule has 0 saturated carbocycles. The Kier molecular flexibility index (Phi) is 5.55. The van der Waals surface area contributed by atoms with E-state index in [1.807, 2.05) is 0 Å². The van der Waals surface area contributed by atoms with Gasteiger partial charge in [0.15, 0.2) is 6.23 Å². The molecule has 0 aliphatic carbocycles. The standard InChI is InChI=1S/C10H15F3N2O4/c1-18-5-2-7(16)15-4-3-14-6-8(15)19-9(17)10(11,12)13/h8,14H,2-6H2,1H3. The lowest BCUT2D eigenvalue weighted by Crippen LogP contribution is -2.56. The monoisotopic (exact) mass is 284 g/mol. The Morgan fingerprint density at radius 2 is 2.11 bits per heavy atom. The van der Waals surface area contributed by atoms with Gasteiger partial charge in [0.25, 0.3) is 0 Å². The number of halogens is 3. The molecule has 1 aliphatic rings. The molecule has 1 rings (SSSR count). The van der Waals surface area contributed by atoms with Gasteiger partial charge in [0.1, 0.15) is 0 Å². The molecule has 0 aromatic heterocycles. The van der Waals surface area contributed by atoms with Gasteiger partial charge < -0.3 is 19.7 Å². The van der Waals surface area contributed by atoms with Gasteiger partial charge in [-0.25, -0.2) is 4.79 Å². The van der Waals surface area contributed by atoms with E-state index >= 15 is 0 Å². The average molecular weight is 284 g/mol. The van der Waals surface area contributed by atoms with Gasteiger partial charge in [-0.15, -0.1) is 0 Å². The van der Waals surface area contributed by atoms with Gasteiger partial charge in [-0.1, -0.05) is 0 Å². The Morgan fingerprint density at radius 1 is 1.42 bits per heavy atom. The number of ether oxygens (including phenoxy) is 2. The molecule has 0 bridgehead atoms. The number of alkyl halides is 3. The van der Waals surface area contributed by atoms with E-state index in [-0.39, 0.29) is 26.1 Å². The second-order valence-corrected chi connectivity index (χ2v) is 3.89. The minimum Gasteiger partial charge on any atom is -0.433 e. The number of nitrogens with one attached hydrogen (secondary N) is 1. The lowest BCUT2D eigenvalue weighted by molar-refractivity contribution is -0.214. The number of carbonyl (C=O) groups is 2. The van der Waals surface area contributed by atoms with Crippen LogP contribution in [0, 0.1) is 0 Å². The number of hydrogen-bond donors (Lipinski definition) is 1. The molecule has 0 aromatic rings. The lowest BCUT2D eigenvalue weighted by atomic mass is 10.3. The maximum atomic E-state index is 12.1. The van der Waals surface area contributed by atoms with Crippen LogP contribution < -0.4 is 5.32 Å². The number of amides is 1. The molecule has 0 radical (unpaired) electrons. The summed E-state index contributed by atoms with van der Waals surface area (Å²) in [4.78, 5) is 23.6. The normalized spacial score (nSPS) is 20.2. The van der Waals surface area contributed by atoms with Crippen LogP contribution in [-0.4, -0.2) is 62.5 Å². The molecule has 6 nitrogen and oxygen atoms in total. The largest absolute Gasteiger partial charge is 0.491 e. The molecular weight excluding hydrogens is 269 g/mol. The quantitative estimate of drug-likeness (QED) is 0.729. The van der Waals surface area contributed by atoms with E-state index in [1.165, 1.54) is 7.11 Å². The predicted molar refractivity (Wildman–Crippen MR) is 57.0 cm³/mol. The highest BCUT2D eigenvalue weighted by Crippen LogP contribution is 2.19. The van der Waals surface area contributed by atoms with Crippen LogP contribution in [-0.2, 0) is 19.1 Å². The topological polar surface area (TPSA) is 67.9 Å². The summed E-state index contributed by atoms with van der Waals surface area (Å²) in [5, 5.41) is 2.76. The van der Waals surface area contributed by atoms with Crippen molar-refractivity contribution in [2.24, 2.45) is 0 Å². The number of piperazine rings is 1. The highest BCUT2D eigenvalue weighted by atomic mass is 19.4. The summed E-state index contributed by atoms with van der Waals surface area (Å²) in [7, 11) is 1.41. The molecule has 19 heavy (non-hydrogen) atoms. The van der Waals surface area contributed by atoms with Gasteiger partial charge in [-0.3, -0.25) is 4.79 Å². The van der Waals surface area contributed by atoms with Crippen molar-refractivity contribution in [3.05, 3.63) is 0 Å². The number of nitrogens with zero attached hydrogens (tertiary/aromatic N) is 1. The molecule has 110 valence electrons. The highest BCUT2D eigenvalue weighted by Gasteiger charge is 2.43. The Labute approximate surface area is 107 Å². The van der Waals surface area contributed by atoms with E-state index in [2.05, 4.69) is 10.1 Å². The summed E-state index contributed by atoms with van der Waals surface area (Å²) in [5.41, 5.74) is 0. The van der Waals surface area contributed by atoms with Gasteiger partial charge in [0.05, 0.1) is 19.6 Å². The smallest absolute Gasteiger partial charge is 0.433 e. The molecule has 9 heteroatoms.